The zero-order valence-corrected chi connectivity index (χ0v) is 11.0. The van der Waals surface area contributed by atoms with E-state index in [9.17, 15) is 0 Å². The van der Waals surface area contributed by atoms with Gasteiger partial charge in [0.05, 0.1) is 0 Å². The predicted molar refractivity (Wildman–Crippen MR) is 73.0 cm³/mol. The lowest BCUT2D eigenvalue weighted by atomic mass is 10.3. The standard InChI is InChI=1S/C13H21N5/c1-17-4-6-18(7-5-17)13-8-12(15-10-16-13)14-9-11-2-3-11/h8,10-11H,2-7,9H2,1H3,(H,14,15,16). The van der Waals surface area contributed by atoms with Crippen LogP contribution in [0.5, 0.6) is 0 Å². The van der Waals surface area contributed by atoms with Crippen LogP contribution in [0.25, 0.3) is 0 Å². The lowest BCUT2D eigenvalue weighted by Gasteiger charge is -2.33. The van der Waals surface area contributed by atoms with E-state index in [4.69, 9.17) is 0 Å². The molecule has 0 aromatic carbocycles. The summed E-state index contributed by atoms with van der Waals surface area (Å²) in [5.74, 6) is 2.88. The van der Waals surface area contributed by atoms with E-state index in [-0.39, 0.29) is 0 Å². The third-order valence-corrected chi connectivity index (χ3v) is 3.75. The quantitative estimate of drug-likeness (QED) is 0.861. The van der Waals surface area contributed by atoms with Crippen molar-refractivity contribution in [3.63, 3.8) is 0 Å². The lowest BCUT2D eigenvalue weighted by Crippen LogP contribution is -2.44. The Morgan fingerprint density at radius 2 is 2.00 bits per heavy atom. The second kappa shape index (κ2) is 5.10. The lowest BCUT2D eigenvalue weighted by molar-refractivity contribution is 0.312. The summed E-state index contributed by atoms with van der Waals surface area (Å²) < 4.78 is 0. The van der Waals surface area contributed by atoms with E-state index >= 15 is 0 Å². The fourth-order valence-corrected chi connectivity index (χ4v) is 2.22. The summed E-state index contributed by atoms with van der Waals surface area (Å²) in [5.41, 5.74) is 0. The molecule has 0 unspecified atom stereocenters. The third-order valence-electron chi connectivity index (χ3n) is 3.75. The number of hydrogen-bond acceptors (Lipinski definition) is 5. The van der Waals surface area contributed by atoms with E-state index < -0.39 is 0 Å². The number of anilines is 2. The van der Waals surface area contributed by atoms with Crippen LogP contribution in [0.4, 0.5) is 11.6 Å². The highest BCUT2D eigenvalue weighted by Crippen LogP contribution is 2.28. The molecular formula is C13H21N5. The predicted octanol–water partition coefficient (Wildman–Crippen LogP) is 1.05. The minimum absolute atomic E-state index is 0.868. The maximum atomic E-state index is 4.39. The Kier molecular flexibility index (Phi) is 3.32. The van der Waals surface area contributed by atoms with Crippen LogP contribution >= 0.6 is 0 Å². The number of nitrogens with one attached hydrogen (secondary N) is 1. The fraction of sp³-hybridized carbons (Fsp3) is 0.692. The molecule has 2 aliphatic rings. The maximum Gasteiger partial charge on any atom is 0.134 e. The van der Waals surface area contributed by atoms with Crippen LogP contribution in [0.3, 0.4) is 0 Å². The molecule has 0 bridgehead atoms. The van der Waals surface area contributed by atoms with Crippen molar-refractivity contribution >= 4 is 11.6 Å². The van der Waals surface area contributed by atoms with Crippen molar-refractivity contribution < 1.29 is 0 Å². The molecule has 1 aromatic heterocycles. The molecule has 1 saturated heterocycles. The summed E-state index contributed by atoms with van der Waals surface area (Å²) in [6.45, 7) is 5.37. The molecule has 18 heavy (non-hydrogen) atoms. The number of piperazine rings is 1. The summed E-state index contributed by atoms with van der Waals surface area (Å²) in [7, 11) is 2.17. The summed E-state index contributed by atoms with van der Waals surface area (Å²) in [5, 5.41) is 3.41. The van der Waals surface area contributed by atoms with Crippen LogP contribution in [0.2, 0.25) is 0 Å². The maximum absolute atomic E-state index is 4.39. The Hall–Kier alpha value is -1.36. The van der Waals surface area contributed by atoms with E-state index in [0.717, 1.165) is 50.3 Å². The zero-order chi connectivity index (χ0) is 12.4. The van der Waals surface area contributed by atoms with Crippen LogP contribution in [-0.4, -0.2) is 54.6 Å². The highest BCUT2D eigenvalue weighted by atomic mass is 15.3. The minimum Gasteiger partial charge on any atom is -0.370 e. The Labute approximate surface area is 108 Å². The van der Waals surface area contributed by atoms with Gasteiger partial charge in [-0.05, 0) is 25.8 Å². The van der Waals surface area contributed by atoms with Crippen molar-refractivity contribution in [3.05, 3.63) is 12.4 Å². The number of nitrogens with zero attached hydrogens (tertiary/aromatic N) is 4. The van der Waals surface area contributed by atoms with Gasteiger partial charge in [-0.3, -0.25) is 0 Å². The second-order valence-electron chi connectivity index (χ2n) is 5.38. The molecule has 0 amide bonds. The Morgan fingerprint density at radius 1 is 1.22 bits per heavy atom. The first-order chi connectivity index (χ1) is 8.81. The Bertz CT molecular complexity index is 396. The molecule has 0 spiro atoms. The molecule has 1 aliphatic carbocycles. The normalized spacial score (nSPS) is 21.1. The number of likely N-dealkylation sites (N-methyl/N-ethyl adjacent to an activating group) is 1. The fourth-order valence-electron chi connectivity index (χ4n) is 2.22. The van der Waals surface area contributed by atoms with Crippen molar-refractivity contribution in [1.82, 2.24) is 14.9 Å². The van der Waals surface area contributed by atoms with Gasteiger partial charge in [0, 0.05) is 38.8 Å². The minimum atomic E-state index is 0.868. The average Bonchev–Trinajstić information content (AvgIpc) is 3.22. The highest BCUT2D eigenvalue weighted by Gasteiger charge is 2.21. The Balaban J connectivity index is 1.62. The van der Waals surface area contributed by atoms with Gasteiger partial charge in [-0.15, -0.1) is 0 Å². The van der Waals surface area contributed by atoms with Gasteiger partial charge in [0.2, 0.25) is 0 Å². The molecule has 5 heteroatoms. The molecule has 3 rings (SSSR count). The molecule has 1 saturated carbocycles. The summed E-state index contributed by atoms with van der Waals surface area (Å²) in [6, 6.07) is 2.08. The van der Waals surface area contributed by atoms with Crippen LogP contribution in [0, 0.1) is 5.92 Å². The number of hydrogen-bond donors (Lipinski definition) is 1. The molecule has 0 radical (unpaired) electrons. The van der Waals surface area contributed by atoms with Gasteiger partial charge in [0.25, 0.3) is 0 Å². The molecule has 1 aromatic rings. The van der Waals surface area contributed by atoms with Crippen molar-refractivity contribution in [1.29, 1.82) is 0 Å². The van der Waals surface area contributed by atoms with Gasteiger partial charge in [-0.25, -0.2) is 9.97 Å². The van der Waals surface area contributed by atoms with E-state index in [1.807, 2.05) is 0 Å². The van der Waals surface area contributed by atoms with Crippen molar-refractivity contribution in [2.24, 2.45) is 5.92 Å². The van der Waals surface area contributed by atoms with Gasteiger partial charge in [0.1, 0.15) is 18.0 Å². The molecule has 5 nitrogen and oxygen atoms in total. The average molecular weight is 247 g/mol. The smallest absolute Gasteiger partial charge is 0.134 e. The molecule has 2 heterocycles. The van der Waals surface area contributed by atoms with Crippen LogP contribution in [0.1, 0.15) is 12.8 Å². The van der Waals surface area contributed by atoms with E-state index in [2.05, 4.69) is 38.2 Å². The molecule has 0 atom stereocenters. The number of aromatic nitrogens is 2. The summed E-state index contributed by atoms with van der Waals surface area (Å²) >= 11 is 0. The summed E-state index contributed by atoms with van der Waals surface area (Å²) in [4.78, 5) is 13.4. The van der Waals surface area contributed by atoms with Gasteiger partial charge in [0.15, 0.2) is 0 Å². The molecule has 1 N–H and O–H groups in total. The van der Waals surface area contributed by atoms with Gasteiger partial charge < -0.3 is 15.1 Å². The highest BCUT2D eigenvalue weighted by molar-refractivity contribution is 5.48. The summed E-state index contributed by atoms with van der Waals surface area (Å²) in [6.07, 6.45) is 4.40. The topological polar surface area (TPSA) is 44.3 Å². The van der Waals surface area contributed by atoms with Crippen molar-refractivity contribution in [2.45, 2.75) is 12.8 Å². The van der Waals surface area contributed by atoms with Gasteiger partial charge in [-0.2, -0.15) is 0 Å². The van der Waals surface area contributed by atoms with Crippen molar-refractivity contribution in [2.75, 3.05) is 50.0 Å². The monoisotopic (exact) mass is 247 g/mol. The third kappa shape index (κ3) is 2.90. The van der Waals surface area contributed by atoms with E-state index in [1.165, 1.54) is 12.8 Å². The van der Waals surface area contributed by atoms with E-state index in [1.54, 1.807) is 6.33 Å². The van der Waals surface area contributed by atoms with Gasteiger partial charge in [-0.1, -0.05) is 0 Å². The molecular weight excluding hydrogens is 226 g/mol. The van der Waals surface area contributed by atoms with E-state index in [0.29, 0.717) is 0 Å². The SMILES string of the molecule is CN1CCN(c2cc(NCC3CC3)ncn2)CC1. The molecule has 1 aliphatic heterocycles. The zero-order valence-electron chi connectivity index (χ0n) is 11.0. The van der Waals surface area contributed by atoms with Crippen LogP contribution in [-0.2, 0) is 0 Å². The molecule has 98 valence electrons. The number of rotatable bonds is 4. The molecule has 2 fully saturated rings. The first kappa shape index (κ1) is 11.7. The first-order valence-corrected chi connectivity index (χ1v) is 6.80. The van der Waals surface area contributed by atoms with Crippen LogP contribution < -0.4 is 10.2 Å². The largest absolute Gasteiger partial charge is 0.370 e. The van der Waals surface area contributed by atoms with Crippen molar-refractivity contribution in [3.8, 4) is 0 Å². The van der Waals surface area contributed by atoms with Crippen LogP contribution in [0.15, 0.2) is 12.4 Å². The second-order valence-corrected chi connectivity index (χ2v) is 5.38. The van der Waals surface area contributed by atoms with Gasteiger partial charge >= 0.3 is 0 Å². The Morgan fingerprint density at radius 3 is 2.72 bits per heavy atom. The first-order valence-electron chi connectivity index (χ1n) is 6.80.